The van der Waals surface area contributed by atoms with E-state index in [4.69, 9.17) is 0 Å². The van der Waals surface area contributed by atoms with Gasteiger partial charge in [0.05, 0.1) is 0 Å². The zero-order valence-corrected chi connectivity index (χ0v) is 9.40. The summed E-state index contributed by atoms with van der Waals surface area (Å²) in [6.07, 6.45) is 0. The molecule has 0 amide bonds. The van der Waals surface area contributed by atoms with E-state index in [1.54, 1.807) is 0 Å². The monoisotopic (exact) mass is 268 g/mol. The van der Waals surface area contributed by atoms with Gasteiger partial charge in [-0.05, 0) is 0 Å². The first-order valence-electron chi connectivity index (χ1n) is 3.44. The molecule has 0 aromatic rings. The van der Waals surface area contributed by atoms with Crippen molar-refractivity contribution >= 4 is 23.9 Å². The van der Waals surface area contributed by atoms with Crippen LogP contribution in [0.5, 0.6) is 0 Å². The molecule has 0 bridgehead atoms. The molecular weight excluding hydrogens is 257 g/mol. The van der Waals surface area contributed by atoms with Crippen LogP contribution in [0, 0.1) is 0 Å². The molecule has 0 radical (unpaired) electrons. The molecule has 0 aromatic heterocycles. The topological polar surface area (TPSA) is 38.7 Å². The number of alkyl halides is 3. The molecule has 0 saturated heterocycles. The zero-order valence-electron chi connectivity index (χ0n) is 6.81. The van der Waals surface area contributed by atoms with Crippen molar-refractivity contribution < 1.29 is 22.7 Å². The van der Waals surface area contributed by atoms with E-state index in [0.29, 0.717) is 0 Å². The predicted molar refractivity (Wildman–Crippen MR) is 47.7 cm³/mol. The molecule has 0 fully saturated rings. The Morgan fingerprint density at radius 1 is 1.33 bits per heavy atom. The molecule has 0 aliphatic carbocycles. The molecule has 12 heavy (non-hydrogen) atoms. The third-order valence-corrected chi connectivity index (χ3v) is 4.62. The van der Waals surface area contributed by atoms with Crippen LogP contribution in [-0.2, 0) is 9.05 Å². The van der Waals surface area contributed by atoms with Gasteiger partial charge in [-0.15, -0.1) is 0 Å². The van der Waals surface area contributed by atoms with Crippen LogP contribution in [0.2, 0.25) is 0 Å². The third kappa shape index (κ3) is 3.18. The normalized spacial score (nSPS) is 14.8. The molecule has 0 rings (SSSR count). The summed E-state index contributed by atoms with van der Waals surface area (Å²) in [5, 5.41) is 0. The zero-order chi connectivity index (χ0) is 9.83. The first kappa shape index (κ1) is 12.7. The average molecular weight is 269 g/mol. The maximum atomic E-state index is 12.6. The minimum absolute atomic E-state index is 0.0100. The fraction of sp³-hybridized carbons (Fsp3) is 1.00. The van der Waals surface area contributed by atoms with Crippen LogP contribution in [0.15, 0.2) is 0 Å². The van der Waals surface area contributed by atoms with Crippen molar-refractivity contribution in [1.82, 2.24) is 0 Å². The third-order valence-electron chi connectivity index (χ3n) is 1.04. The second-order valence-electron chi connectivity index (χ2n) is 1.95. The summed E-state index contributed by atoms with van der Waals surface area (Å²) in [4.78, 5) is 9.25. The van der Waals surface area contributed by atoms with Gasteiger partial charge in [0.15, 0.2) is 0 Å². The summed E-state index contributed by atoms with van der Waals surface area (Å²) < 4.78 is 30.8. The van der Waals surface area contributed by atoms with E-state index in [0.717, 1.165) is 0 Å². The molecule has 0 unspecified atom stereocenters. The SMILES string of the molecule is CCO[PH](O)(OCC)C(F)(F)Br. The molecular formula is C5H12BrF2O3P. The van der Waals surface area contributed by atoms with Crippen molar-refractivity contribution in [3.05, 3.63) is 0 Å². The Balaban J connectivity index is 4.38. The van der Waals surface area contributed by atoms with Crippen LogP contribution in [0.4, 0.5) is 8.78 Å². The Hall–Kier alpha value is 0.650. The maximum absolute atomic E-state index is 12.6. The van der Waals surface area contributed by atoms with Gasteiger partial charge in [-0.3, -0.25) is 0 Å². The molecule has 0 aromatic carbocycles. The van der Waals surface area contributed by atoms with Crippen molar-refractivity contribution in [2.45, 2.75) is 18.4 Å². The molecule has 1 N–H and O–H groups in total. The van der Waals surface area contributed by atoms with Crippen LogP contribution in [0.1, 0.15) is 13.8 Å². The van der Waals surface area contributed by atoms with Gasteiger partial charge < -0.3 is 0 Å². The van der Waals surface area contributed by atoms with Gasteiger partial charge in [0.25, 0.3) is 0 Å². The van der Waals surface area contributed by atoms with Crippen LogP contribution < -0.4 is 0 Å². The van der Waals surface area contributed by atoms with Crippen molar-refractivity contribution in [3.8, 4) is 0 Å². The number of rotatable bonds is 5. The van der Waals surface area contributed by atoms with E-state index in [2.05, 4.69) is 9.05 Å². The molecule has 7 heteroatoms. The van der Waals surface area contributed by atoms with E-state index in [9.17, 15) is 13.7 Å². The minimum atomic E-state index is -4.37. The standard InChI is InChI=1S/C5H12BrF2O3P/c1-3-10-12(9,11-4-2)5(6,7)8/h9,12H,3-4H2,1-2H3. The van der Waals surface area contributed by atoms with Gasteiger partial charge in [-0.1, -0.05) is 0 Å². The summed E-state index contributed by atoms with van der Waals surface area (Å²) in [6, 6.07) is 0. The van der Waals surface area contributed by atoms with Gasteiger partial charge in [-0.2, -0.15) is 0 Å². The van der Waals surface area contributed by atoms with Crippen LogP contribution in [0.25, 0.3) is 0 Å². The summed E-state index contributed by atoms with van der Waals surface area (Å²) in [6.45, 7) is 3.00. The second kappa shape index (κ2) is 4.77. The van der Waals surface area contributed by atoms with E-state index in [1.165, 1.54) is 13.8 Å². The Morgan fingerprint density at radius 2 is 1.67 bits per heavy atom. The number of hydrogen-bond acceptors (Lipinski definition) is 3. The van der Waals surface area contributed by atoms with Gasteiger partial charge >= 0.3 is 78.2 Å². The fourth-order valence-corrected chi connectivity index (χ4v) is 2.48. The van der Waals surface area contributed by atoms with E-state index in [-0.39, 0.29) is 13.2 Å². The van der Waals surface area contributed by atoms with Crippen LogP contribution in [0.3, 0.4) is 0 Å². The molecule has 0 spiro atoms. The van der Waals surface area contributed by atoms with Crippen molar-refractivity contribution in [2.75, 3.05) is 13.2 Å². The number of hydrogen-bond donors (Lipinski definition) is 1. The Morgan fingerprint density at radius 3 is 1.83 bits per heavy atom. The van der Waals surface area contributed by atoms with Gasteiger partial charge in [0.2, 0.25) is 0 Å². The average Bonchev–Trinajstić information content (AvgIpc) is 1.86. The predicted octanol–water partition coefficient (Wildman–Crippen LogP) is 2.49. The molecule has 0 saturated carbocycles. The molecule has 0 aliphatic rings. The summed E-state index contributed by atoms with van der Waals surface area (Å²) in [5.41, 5.74) is 0. The van der Waals surface area contributed by atoms with E-state index < -0.39 is 12.5 Å². The Bertz CT molecular complexity index is 135. The first-order chi connectivity index (χ1) is 5.37. The quantitative estimate of drug-likeness (QED) is 0.615. The molecule has 0 heterocycles. The van der Waals surface area contributed by atoms with E-state index in [1.807, 2.05) is 15.9 Å². The molecule has 3 nitrogen and oxygen atoms in total. The summed E-state index contributed by atoms with van der Waals surface area (Å²) in [7, 11) is -4.37. The summed E-state index contributed by atoms with van der Waals surface area (Å²) >= 11 is 2.03. The van der Waals surface area contributed by atoms with Crippen molar-refractivity contribution in [2.24, 2.45) is 0 Å². The van der Waals surface area contributed by atoms with Gasteiger partial charge in [0.1, 0.15) is 0 Å². The van der Waals surface area contributed by atoms with Crippen LogP contribution in [-0.4, -0.2) is 22.7 Å². The fourth-order valence-electron chi connectivity index (χ4n) is 0.597. The van der Waals surface area contributed by atoms with Gasteiger partial charge in [0, 0.05) is 0 Å². The summed E-state index contributed by atoms with van der Waals surface area (Å²) in [5.74, 6) is 0. The van der Waals surface area contributed by atoms with Crippen molar-refractivity contribution in [1.29, 1.82) is 0 Å². The number of halogens is 3. The van der Waals surface area contributed by atoms with E-state index >= 15 is 0 Å². The molecule has 0 atom stereocenters. The first-order valence-corrected chi connectivity index (χ1v) is 6.00. The van der Waals surface area contributed by atoms with Crippen LogP contribution >= 0.6 is 23.9 Å². The van der Waals surface area contributed by atoms with Crippen molar-refractivity contribution in [3.63, 3.8) is 0 Å². The Labute approximate surface area is 78.8 Å². The molecule has 0 aliphatic heterocycles. The molecule has 76 valence electrons. The Kier molecular flexibility index (Phi) is 5.02. The second-order valence-corrected chi connectivity index (χ2v) is 6.04. The van der Waals surface area contributed by atoms with Gasteiger partial charge in [-0.25, -0.2) is 0 Å².